The van der Waals surface area contributed by atoms with Crippen molar-refractivity contribution in [3.05, 3.63) is 47.0 Å². The number of rotatable bonds is 7. The molecular weight excluding hydrogens is 300 g/mol. The Hall–Kier alpha value is -1.66. The summed E-state index contributed by atoms with van der Waals surface area (Å²) in [5.41, 5.74) is 0.802. The lowest BCUT2D eigenvalue weighted by atomic mass is 10.2. The number of imidazole rings is 1. The summed E-state index contributed by atoms with van der Waals surface area (Å²) < 4.78 is 31.8. The fourth-order valence-corrected chi connectivity index (χ4v) is 2.10. The van der Waals surface area contributed by atoms with Crippen molar-refractivity contribution in [2.45, 2.75) is 26.6 Å². The van der Waals surface area contributed by atoms with Crippen LogP contribution in [0.25, 0.3) is 0 Å². The molecule has 0 saturated heterocycles. The Balaban J connectivity index is 2.12. The Labute approximate surface area is 126 Å². The molecule has 0 saturated carbocycles. The third-order valence-electron chi connectivity index (χ3n) is 2.94. The van der Waals surface area contributed by atoms with Gasteiger partial charge in [0.25, 0.3) is 0 Å². The summed E-state index contributed by atoms with van der Waals surface area (Å²) in [4.78, 5) is 3.88. The molecular formula is C14H16ClF2N3O. The molecule has 2 aromatic rings. The molecule has 0 bridgehead atoms. The average Bonchev–Trinajstić information content (AvgIpc) is 2.92. The second kappa shape index (κ2) is 7.38. The Morgan fingerprint density at radius 1 is 1.43 bits per heavy atom. The van der Waals surface area contributed by atoms with E-state index in [1.54, 1.807) is 18.2 Å². The predicted molar refractivity (Wildman–Crippen MR) is 76.6 cm³/mol. The molecule has 4 nitrogen and oxygen atoms in total. The van der Waals surface area contributed by atoms with Gasteiger partial charge in [-0.15, -0.1) is 0 Å². The molecule has 7 heteroatoms. The van der Waals surface area contributed by atoms with E-state index in [9.17, 15) is 8.78 Å². The number of nitrogens with one attached hydrogen (secondary N) is 1. The molecule has 21 heavy (non-hydrogen) atoms. The number of hydrogen-bond acceptors (Lipinski definition) is 3. The zero-order valence-electron chi connectivity index (χ0n) is 11.5. The van der Waals surface area contributed by atoms with Crippen LogP contribution in [-0.4, -0.2) is 16.1 Å². The molecule has 2 rings (SSSR count). The van der Waals surface area contributed by atoms with Gasteiger partial charge >= 0.3 is 6.55 Å². The Bertz CT molecular complexity index is 589. The van der Waals surface area contributed by atoms with E-state index in [1.807, 2.05) is 6.92 Å². The third-order valence-corrected chi connectivity index (χ3v) is 3.30. The molecule has 0 radical (unpaired) electrons. The lowest BCUT2D eigenvalue weighted by molar-refractivity contribution is 0.0632. The topological polar surface area (TPSA) is 39.1 Å². The van der Waals surface area contributed by atoms with Crippen LogP contribution in [0.2, 0.25) is 5.02 Å². The standard InChI is InChI=1S/C14H16ClF2N3O/c1-2-18-8-10-11(15)4-3-5-12(10)21-9-13-19-6-7-20(13)14(16)17/h3-7,14,18H,2,8-9H2,1H3. The van der Waals surface area contributed by atoms with Crippen LogP contribution in [0, 0.1) is 0 Å². The fraction of sp³-hybridized carbons (Fsp3) is 0.357. The maximum Gasteiger partial charge on any atom is 0.320 e. The number of alkyl halides is 2. The maximum absolute atomic E-state index is 12.7. The molecule has 1 aromatic heterocycles. The maximum atomic E-state index is 12.7. The first-order valence-corrected chi connectivity index (χ1v) is 6.92. The smallest absolute Gasteiger partial charge is 0.320 e. The number of aromatic nitrogens is 2. The van der Waals surface area contributed by atoms with Gasteiger partial charge in [-0.1, -0.05) is 24.6 Å². The molecule has 114 valence electrons. The van der Waals surface area contributed by atoms with Crippen molar-refractivity contribution < 1.29 is 13.5 Å². The van der Waals surface area contributed by atoms with Gasteiger partial charge in [-0.3, -0.25) is 4.57 Å². The summed E-state index contributed by atoms with van der Waals surface area (Å²) in [7, 11) is 0. The third kappa shape index (κ3) is 3.92. The number of hydrogen-bond donors (Lipinski definition) is 1. The van der Waals surface area contributed by atoms with E-state index in [0.717, 1.165) is 16.7 Å². The first-order chi connectivity index (χ1) is 10.1. The predicted octanol–water partition coefficient (Wildman–Crippen LogP) is 3.62. The minimum absolute atomic E-state index is 0.0448. The molecule has 0 unspecified atom stereocenters. The van der Waals surface area contributed by atoms with E-state index in [1.165, 1.54) is 12.4 Å². The van der Waals surface area contributed by atoms with E-state index in [4.69, 9.17) is 16.3 Å². The van der Waals surface area contributed by atoms with E-state index < -0.39 is 6.55 Å². The Morgan fingerprint density at radius 2 is 2.24 bits per heavy atom. The van der Waals surface area contributed by atoms with Crippen LogP contribution < -0.4 is 10.1 Å². The van der Waals surface area contributed by atoms with Crippen LogP contribution in [0.1, 0.15) is 24.9 Å². The average molecular weight is 316 g/mol. The van der Waals surface area contributed by atoms with Crippen molar-refractivity contribution in [3.8, 4) is 5.75 Å². The minimum Gasteiger partial charge on any atom is -0.485 e. The molecule has 1 heterocycles. The second-order valence-corrected chi connectivity index (χ2v) is 4.72. The van der Waals surface area contributed by atoms with Crippen molar-refractivity contribution >= 4 is 11.6 Å². The highest BCUT2D eigenvalue weighted by Gasteiger charge is 2.13. The summed E-state index contributed by atoms with van der Waals surface area (Å²) in [6.45, 7) is 0.648. The monoisotopic (exact) mass is 315 g/mol. The lowest BCUT2D eigenvalue weighted by Crippen LogP contribution is -2.14. The van der Waals surface area contributed by atoms with Gasteiger partial charge in [-0.2, -0.15) is 8.78 Å². The first kappa shape index (κ1) is 15.7. The minimum atomic E-state index is -2.63. The fourth-order valence-electron chi connectivity index (χ4n) is 1.87. The summed E-state index contributed by atoms with van der Waals surface area (Å²) >= 11 is 6.15. The van der Waals surface area contributed by atoms with Gasteiger partial charge in [-0.25, -0.2) is 4.98 Å². The van der Waals surface area contributed by atoms with Gasteiger partial charge < -0.3 is 10.1 Å². The van der Waals surface area contributed by atoms with E-state index in [2.05, 4.69) is 10.3 Å². The van der Waals surface area contributed by atoms with Gasteiger partial charge in [0.05, 0.1) is 0 Å². The summed E-state index contributed by atoms with van der Waals surface area (Å²) in [6, 6.07) is 5.28. The lowest BCUT2D eigenvalue weighted by Gasteiger charge is -2.13. The molecule has 1 N–H and O–H groups in total. The molecule has 1 aromatic carbocycles. The van der Waals surface area contributed by atoms with Crippen molar-refractivity contribution in [1.82, 2.24) is 14.9 Å². The summed E-state index contributed by atoms with van der Waals surface area (Å²) in [5.74, 6) is 0.728. The number of halogens is 3. The Kier molecular flexibility index (Phi) is 5.52. The molecule has 0 aliphatic rings. The van der Waals surface area contributed by atoms with Gasteiger partial charge in [0, 0.05) is 29.5 Å². The number of ether oxygens (including phenoxy) is 1. The quantitative estimate of drug-likeness (QED) is 0.848. The number of benzene rings is 1. The highest BCUT2D eigenvalue weighted by molar-refractivity contribution is 6.31. The van der Waals surface area contributed by atoms with Crippen LogP contribution >= 0.6 is 11.6 Å². The van der Waals surface area contributed by atoms with E-state index in [-0.39, 0.29) is 12.4 Å². The van der Waals surface area contributed by atoms with Crippen molar-refractivity contribution in [3.63, 3.8) is 0 Å². The van der Waals surface area contributed by atoms with Crippen LogP contribution in [0.3, 0.4) is 0 Å². The Morgan fingerprint density at radius 3 is 2.95 bits per heavy atom. The van der Waals surface area contributed by atoms with E-state index >= 15 is 0 Å². The normalized spacial score (nSPS) is 11.1. The largest absolute Gasteiger partial charge is 0.485 e. The highest BCUT2D eigenvalue weighted by atomic mass is 35.5. The zero-order chi connectivity index (χ0) is 15.2. The first-order valence-electron chi connectivity index (χ1n) is 6.54. The van der Waals surface area contributed by atoms with Crippen molar-refractivity contribution in [1.29, 1.82) is 0 Å². The number of nitrogens with zero attached hydrogens (tertiary/aromatic N) is 2. The molecule has 0 amide bonds. The van der Waals surface area contributed by atoms with Gasteiger partial charge in [0.1, 0.15) is 12.4 Å². The van der Waals surface area contributed by atoms with Gasteiger partial charge in [0.2, 0.25) is 0 Å². The summed E-state index contributed by atoms with van der Waals surface area (Å²) in [5, 5.41) is 3.74. The van der Waals surface area contributed by atoms with Crippen LogP contribution in [-0.2, 0) is 13.2 Å². The SMILES string of the molecule is CCNCc1c(Cl)cccc1OCc1nccn1C(F)F. The van der Waals surface area contributed by atoms with Crippen LogP contribution in [0.5, 0.6) is 5.75 Å². The molecule has 0 aliphatic carbocycles. The molecule has 0 aliphatic heterocycles. The molecule has 0 fully saturated rings. The zero-order valence-corrected chi connectivity index (χ0v) is 12.3. The molecule has 0 spiro atoms. The van der Waals surface area contributed by atoms with E-state index in [0.29, 0.717) is 17.3 Å². The van der Waals surface area contributed by atoms with Crippen LogP contribution in [0.4, 0.5) is 8.78 Å². The van der Waals surface area contributed by atoms with Crippen LogP contribution in [0.15, 0.2) is 30.6 Å². The highest BCUT2D eigenvalue weighted by Crippen LogP contribution is 2.27. The summed E-state index contributed by atoms with van der Waals surface area (Å²) in [6.07, 6.45) is 2.54. The van der Waals surface area contributed by atoms with Gasteiger partial charge in [0.15, 0.2) is 5.82 Å². The van der Waals surface area contributed by atoms with Gasteiger partial charge in [-0.05, 0) is 18.7 Å². The van der Waals surface area contributed by atoms with Crippen molar-refractivity contribution in [2.75, 3.05) is 6.54 Å². The second-order valence-electron chi connectivity index (χ2n) is 4.31. The van der Waals surface area contributed by atoms with Crippen molar-refractivity contribution in [2.24, 2.45) is 0 Å². The molecule has 0 atom stereocenters.